The van der Waals surface area contributed by atoms with E-state index in [0.29, 0.717) is 30.2 Å². The van der Waals surface area contributed by atoms with Gasteiger partial charge in [0.05, 0.1) is 12.3 Å². The number of nitrogen functional groups attached to an aromatic ring is 1. The Balaban J connectivity index is 1.47. The van der Waals surface area contributed by atoms with Crippen molar-refractivity contribution in [3.8, 4) is 17.4 Å². The molecule has 3 rings (SSSR count). The van der Waals surface area contributed by atoms with E-state index in [4.69, 9.17) is 19.4 Å². The Bertz CT molecular complexity index is 763. The molecule has 1 amide bonds. The van der Waals surface area contributed by atoms with Crippen LogP contribution in [0.25, 0.3) is 11.5 Å². The minimum absolute atomic E-state index is 0.0707. The summed E-state index contributed by atoms with van der Waals surface area (Å²) in [6.07, 6.45) is 1.59. The molecule has 23 heavy (non-hydrogen) atoms. The number of nitrogens with two attached hydrogens (primary N) is 1. The number of nitrogens with one attached hydrogen (secondary N) is 1. The maximum atomic E-state index is 11.7. The second-order valence-corrected chi connectivity index (χ2v) is 4.81. The van der Waals surface area contributed by atoms with E-state index in [9.17, 15) is 4.79 Å². The zero-order valence-electron chi connectivity index (χ0n) is 12.2. The van der Waals surface area contributed by atoms with Crippen LogP contribution in [0.3, 0.4) is 0 Å². The molecule has 0 atom stereocenters. The molecule has 7 nitrogen and oxygen atoms in total. The Morgan fingerprint density at radius 3 is 2.78 bits per heavy atom. The lowest BCUT2D eigenvalue weighted by atomic mass is 10.1. The molecule has 2 aromatic heterocycles. The van der Waals surface area contributed by atoms with Crippen molar-refractivity contribution in [1.82, 2.24) is 10.5 Å². The fraction of sp³-hybridized carbons (Fsp3) is 0.125. The fourth-order valence-corrected chi connectivity index (χ4v) is 1.97. The Morgan fingerprint density at radius 2 is 2.04 bits per heavy atom. The van der Waals surface area contributed by atoms with Gasteiger partial charge in [-0.25, -0.2) is 4.79 Å². The highest BCUT2D eigenvalue weighted by Crippen LogP contribution is 2.23. The normalized spacial score (nSPS) is 10.4. The van der Waals surface area contributed by atoms with Gasteiger partial charge in [-0.1, -0.05) is 12.1 Å². The fourth-order valence-electron chi connectivity index (χ4n) is 1.97. The van der Waals surface area contributed by atoms with Crippen molar-refractivity contribution in [3.05, 3.63) is 54.3 Å². The Labute approximate surface area is 132 Å². The average Bonchev–Trinajstić information content (AvgIpc) is 3.20. The summed E-state index contributed by atoms with van der Waals surface area (Å²) >= 11 is 0. The molecule has 3 N–H and O–H groups in total. The molecule has 0 radical (unpaired) electrons. The van der Waals surface area contributed by atoms with E-state index in [1.165, 1.54) is 12.3 Å². The lowest BCUT2D eigenvalue weighted by molar-refractivity contribution is 0.196. The predicted octanol–water partition coefficient (Wildman–Crippen LogP) is 2.85. The predicted molar refractivity (Wildman–Crippen MR) is 82.8 cm³/mol. The number of carbonyl (C=O) groups is 1. The number of hydrogen-bond donors (Lipinski definition) is 2. The summed E-state index contributed by atoms with van der Waals surface area (Å²) in [6, 6.07) is 12.4. The van der Waals surface area contributed by atoms with Crippen molar-refractivity contribution in [2.75, 3.05) is 12.3 Å². The van der Waals surface area contributed by atoms with Gasteiger partial charge in [0.15, 0.2) is 5.76 Å². The Kier molecular flexibility index (Phi) is 4.28. The van der Waals surface area contributed by atoms with E-state index in [1.54, 1.807) is 12.1 Å². The molecule has 7 heteroatoms. The first-order valence-electron chi connectivity index (χ1n) is 7.01. The van der Waals surface area contributed by atoms with Crippen LogP contribution in [0.15, 0.2) is 57.7 Å². The zero-order chi connectivity index (χ0) is 16.1. The number of furan rings is 1. The van der Waals surface area contributed by atoms with E-state index < -0.39 is 6.09 Å². The minimum atomic E-state index is -0.597. The molecule has 0 saturated heterocycles. The third-order valence-corrected chi connectivity index (χ3v) is 3.11. The molecule has 0 bridgehead atoms. The lowest BCUT2D eigenvalue weighted by Gasteiger charge is -2.04. The smallest absolute Gasteiger partial charge is 0.414 e. The SMILES string of the molecule is Nc1ccc(CCNC(=O)Oc2cc(-c3ccco3)on2)cc1. The number of hydrogen-bond acceptors (Lipinski definition) is 6. The van der Waals surface area contributed by atoms with Crippen LogP contribution in [-0.4, -0.2) is 17.8 Å². The standard InChI is InChI=1S/C16H15N3O4/c17-12-5-3-11(4-6-12)7-8-18-16(20)22-15-10-14(23-19-15)13-2-1-9-21-13/h1-6,9-10H,7-8,17H2,(H,18,20). The number of anilines is 1. The molecule has 0 fully saturated rings. The first kappa shape index (κ1) is 14.7. The topological polar surface area (TPSA) is 104 Å². The molecule has 0 aliphatic carbocycles. The molecular weight excluding hydrogens is 298 g/mol. The largest absolute Gasteiger partial charge is 0.461 e. The number of ether oxygens (including phenoxy) is 1. The number of amides is 1. The minimum Gasteiger partial charge on any atom is -0.461 e. The summed E-state index contributed by atoms with van der Waals surface area (Å²) in [4.78, 5) is 11.7. The quantitative estimate of drug-likeness (QED) is 0.702. The highest BCUT2D eigenvalue weighted by atomic mass is 16.6. The maximum absolute atomic E-state index is 11.7. The number of aromatic nitrogens is 1. The van der Waals surface area contributed by atoms with Crippen LogP contribution in [0, 0.1) is 0 Å². The molecule has 0 saturated carbocycles. The Morgan fingerprint density at radius 1 is 1.22 bits per heavy atom. The Hall–Kier alpha value is -3.22. The number of carbonyl (C=O) groups excluding carboxylic acids is 1. The third-order valence-electron chi connectivity index (χ3n) is 3.11. The number of rotatable bonds is 5. The summed E-state index contributed by atoms with van der Waals surface area (Å²) in [6.45, 7) is 0.436. The third kappa shape index (κ3) is 3.91. The summed E-state index contributed by atoms with van der Waals surface area (Å²) in [7, 11) is 0. The van der Waals surface area contributed by atoms with Crippen LogP contribution in [-0.2, 0) is 6.42 Å². The first-order chi connectivity index (χ1) is 11.2. The lowest BCUT2D eigenvalue weighted by Crippen LogP contribution is -2.28. The molecule has 2 heterocycles. The van der Waals surface area contributed by atoms with Crippen molar-refractivity contribution in [2.45, 2.75) is 6.42 Å². The average molecular weight is 313 g/mol. The molecule has 0 aliphatic rings. The van der Waals surface area contributed by atoms with Gasteiger partial charge < -0.3 is 24.7 Å². The maximum Gasteiger partial charge on any atom is 0.414 e. The molecule has 1 aromatic carbocycles. The molecular formula is C16H15N3O4. The molecule has 0 aliphatic heterocycles. The second-order valence-electron chi connectivity index (χ2n) is 4.81. The van der Waals surface area contributed by atoms with Crippen molar-refractivity contribution >= 4 is 11.8 Å². The summed E-state index contributed by atoms with van der Waals surface area (Å²) in [5.41, 5.74) is 7.39. The van der Waals surface area contributed by atoms with Crippen molar-refractivity contribution < 1.29 is 18.5 Å². The molecule has 0 spiro atoms. The monoisotopic (exact) mass is 313 g/mol. The van der Waals surface area contributed by atoms with Crippen molar-refractivity contribution in [3.63, 3.8) is 0 Å². The van der Waals surface area contributed by atoms with Gasteiger partial charge >= 0.3 is 6.09 Å². The first-order valence-corrected chi connectivity index (χ1v) is 7.01. The summed E-state index contributed by atoms with van der Waals surface area (Å²) in [5.74, 6) is 0.970. The van der Waals surface area contributed by atoms with Gasteiger partial charge in [0.1, 0.15) is 0 Å². The highest BCUT2D eigenvalue weighted by Gasteiger charge is 2.12. The molecule has 0 unspecified atom stereocenters. The van der Waals surface area contributed by atoms with Crippen LogP contribution < -0.4 is 15.8 Å². The van der Waals surface area contributed by atoms with E-state index in [-0.39, 0.29) is 5.88 Å². The zero-order valence-corrected chi connectivity index (χ0v) is 12.2. The van der Waals surface area contributed by atoms with Crippen LogP contribution in [0.5, 0.6) is 5.88 Å². The van der Waals surface area contributed by atoms with E-state index in [1.807, 2.05) is 24.3 Å². The van der Waals surface area contributed by atoms with Gasteiger partial charge in [-0.2, -0.15) is 0 Å². The summed E-state index contributed by atoms with van der Waals surface area (Å²) in [5, 5.41) is 6.30. The van der Waals surface area contributed by atoms with Gasteiger partial charge in [0.2, 0.25) is 5.76 Å². The second kappa shape index (κ2) is 6.69. The van der Waals surface area contributed by atoms with E-state index in [2.05, 4.69) is 10.5 Å². The number of benzene rings is 1. The molecule has 118 valence electrons. The van der Waals surface area contributed by atoms with Gasteiger partial charge in [-0.05, 0) is 41.4 Å². The van der Waals surface area contributed by atoms with Crippen molar-refractivity contribution in [2.24, 2.45) is 0 Å². The van der Waals surface area contributed by atoms with Crippen LogP contribution in [0.1, 0.15) is 5.56 Å². The van der Waals surface area contributed by atoms with Crippen LogP contribution in [0.2, 0.25) is 0 Å². The van der Waals surface area contributed by atoms with Gasteiger partial charge in [0.25, 0.3) is 5.88 Å². The van der Waals surface area contributed by atoms with E-state index >= 15 is 0 Å². The number of nitrogens with zero attached hydrogens (tertiary/aromatic N) is 1. The van der Waals surface area contributed by atoms with Crippen LogP contribution in [0.4, 0.5) is 10.5 Å². The highest BCUT2D eigenvalue weighted by molar-refractivity contribution is 5.70. The van der Waals surface area contributed by atoms with Gasteiger partial charge in [0, 0.05) is 12.2 Å². The van der Waals surface area contributed by atoms with E-state index in [0.717, 1.165) is 5.56 Å². The van der Waals surface area contributed by atoms with Crippen molar-refractivity contribution in [1.29, 1.82) is 0 Å². The van der Waals surface area contributed by atoms with Gasteiger partial charge in [-0.15, -0.1) is 0 Å². The summed E-state index contributed by atoms with van der Waals surface area (Å²) < 4.78 is 15.2. The molecule has 3 aromatic rings. The van der Waals surface area contributed by atoms with Crippen LogP contribution >= 0.6 is 0 Å². The van der Waals surface area contributed by atoms with Gasteiger partial charge in [-0.3, -0.25) is 0 Å².